The molecule has 0 unspecified atom stereocenters. The van der Waals surface area contributed by atoms with Gasteiger partial charge in [0.25, 0.3) is 0 Å². The van der Waals surface area contributed by atoms with Gasteiger partial charge in [0.1, 0.15) is 0 Å². The molecular formula is C20H25N3O4. The fourth-order valence-electron chi connectivity index (χ4n) is 2.26. The molecule has 0 saturated carbocycles. The first-order valence-corrected chi connectivity index (χ1v) is 8.92. The highest BCUT2D eigenvalue weighted by Crippen LogP contribution is 2.04. The SMILES string of the molecule is O=C(CCCCCONC(=O)Nc1ccccc1)NOCc1ccccc1. The minimum absolute atomic E-state index is 0.146. The second kappa shape index (κ2) is 12.5. The molecule has 7 heteroatoms. The number of para-hydroxylation sites is 1. The Morgan fingerprint density at radius 1 is 0.778 bits per heavy atom. The first-order valence-electron chi connectivity index (χ1n) is 8.92. The summed E-state index contributed by atoms with van der Waals surface area (Å²) in [5, 5.41) is 2.65. The smallest absolute Gasteiger partial charge is 0.306 e. The summed E-state index contributed by atoms with van der Waals surface area (Å²) < 4.78 is 0. The van der Waals surface area contributed by atoms with Crippen molar-refractivity contribution in [2.24, 2.45) is 0 Å². The topological polar surface area (TPSA) is 88.7 Å². The molecular weight excluding hydrogens is 346 g/mol. The van der Waals surface area contributed by atoms with Gasteiger partial charge in [0.15, 0.2) is 0 Å². The molecule has 144 valence electrons. The number of hydroxylamine groups is 2. The molecule has 7 nitrogen and oxygen atoms in total. The molecule has 0 aliphatic heterocycles. The van der Waals surface area contributed by atoms with E-state index in [9.17, 15) is 9.59 Å². The lowest BCUT2D eigenvalue weighted by molar-refractivity contribution is -0.134. The number of amides is 3. The molecule has 0 radical (unpaired) electrons. The zero-order chi connectivity index (χ0) is 19.2. The van der Waals surface area contributed by atoms with Crippen LogP contribution < -0.4 is 16.3 Å². The third-order valence-electron chi connectivity index (χ3n) is 3.61. The number of nitrogens with one attached hydrogen (secondary N) is 3. The van der Waals surface area contributed by atoms with Gasteiger partial charge in [-0.1, -0.05) is 55.0 Å². The summed E-state index contributed by atoms with van der Waals surface area (Å²) in [6.07, 6.45) is 2.66. The largest absolute Gasteiger partial charge is 0.343 e. The number of hydrogen-bond acceptors (Lipinski definition) is 4. The van der Waals surface area contributed by atoms with E-state index in [-0.39, 0.29) is 5.91 Å². The van der Waals surface area contributed by atoms with Crippen molar-refractivity contribution in [2.45, 2.75) is 32.3 Å². The fourth-order valence-corrected chi connectivity index (χ4v) is 2.26. The molecule has 0 aliphatic rings. The van der Waals surface area contributed by atoms with Crippen LogP contribution in [-0.4, -0.2) is 18.5 Å². The number of carbonyl (C=O) groups is 2. The second-order valence-corrected chi connectivity index (χ2v) is 5.88. The molecule has 0 bridgehead atoms. The number of rotatable bonds is 11. The van der Waals surface area contributed by atoms with Gasteiger partial charge < -0.3 is 5.32 Å². The van der Waals surface area contributed by atoms with Crippen molar-refractivity contribution in [3.8, 4) is 0 Å². The van der Waals surface area contributed by atoms with Crippen molar-refractivity contribution < 1.29 is 19.3 Å². The van der Waals surface area contributed by atoms with Crippen LogP contribution in [0.2, 0.25) is 0 Å². The van der Waals surface area contributed by atoms with Crippen LogP contribution in [0.5, 0.6) is 0 Å². The van der Waals surface area contributed by atoms with E-state index in [0.717, 1.165) is 24.8 Å². The molecule has 0 fully saturated rings. The first kappa shape index (κ1) is 20.4. The Morgan fingerprint density at radius 3 is 2.22 bits per heavy atom. The summed E-state index contributed by atoms with van der Waals surface area (Å²) in [5.74, 6) is -0.146. The normalized spacial score (nSPS) is 10.2. The van der Waals surface area contributed by atoms with Crippen molar-refractivity contribution in [1.29, 1.82) is 0 Å². The Balaban J connectivity index is 1.41. The molecule has 0 saturated heterocycles. The average molecular weight is 371 g/mol. The molecule has 0 spiro atoms. The van der Waals surface area contributed by atoms with Crippen LogP contribution in [0.3, 0.4) is 0 Å². The van der Waals surface area contributed by atoms with Gasteiger partial charge in [-0.3, -0.25) is 14.5 Å². The van der Waals surface area contributed by atoms with Crippen LogP contribution >= 0.6 is 0 Å². The van der Waals surface area contributed by atoms with Crippen molar-refractivity contribution in [1.82, 2.24) is 11.0 Å². The standard InChI is InChI=1S/C20H25N3O4/c24-19(22-27-16-17-10-4-1-5-11-17)14-8-3-9-15-26-23-20(25)21-18-12-6-2-7-13-18/h1-2,4-7,10-13H,3,8-9,14-16H2,(H,22,24)(H2,21,23,25). The van der Waals surface area contributed by atoms with Gasteiger partial charge >= 0.3 is 6.03 Å². The van der Waals surface area contributed by atoms with Gasteiger partial charge in [-0.2, -0.15) is 0 Å². The maximum atomic E-state index is 11.7. The molecule has 3 amide bonds. The maximum absolute atomic E-state index is 11.7. The number of urea groups is 1. The van der Waals surface area contributed by atoms with E-state index in [1.165, 1.54) is 0 Å². The maximum Gasteiger partial charge on any atom is 0.343 e. The third-order valence-corrected chi connectivity index (χ3v) is 3.61. The van der Waals surface area contributed by atoms with E-state index in [1.54, 1.807) is 12.1 Å². The Kier molecular flexibility index (Phi) is 9.41. The zero-order valence-corrected chi connectivity index (χ0v) is 15.1. The van der Waals surface area contributed by atoms with Gasteiger partial charge in [-0.25, -0.2) is 15.8 Å². The Hall–Kier alpha value is -2.90. The molecule has 0 aliphatic carbocycles. The molecule has 2 aromatic rings. The minimum atomic E-state index is -0.420. The molecule has 3 N–H and O–H groups in total. The molecule has 0 heterocycles. The third kappa shape index (κ3) is 9.39. The lowest BCUT2D eigenvalue weighted by atomic mass is 10.2. The molecule has 27 heavy (non-hydrogen) atoms. The average Bonchev–Trinajstić information content (AvgIpc) is 2.69. The number of hydrogen-bond donors (Lipinski definition) is 3. The van der Waals surface area contributed by atoms with E-state index in [1.807, 2.05) is 48.5 Å². The summed E-state index contributed by atoms with van der Waals surface area (Å²) in [7, 11) is 0. The van der Waals surface area contributed by atoms with E-state index in [0.29, 0.717) is 25.3 Å². The quantitative estimate of drug-likeness (QED) is 0.416. The number of unbranched alkanes of at least 4 members (excludes halogenated alkanes) is 2. The van der Waals surface area contributed by atoms with E-state index < -0.39 is 6.03 Å². The van der Waals surface area contributed by atoms with Gasteiger partial charge in [0.2, 0.25) is 5.91 Å². The van der Waals surface area contributed by atoms with Gasteiger partial charge in [-0.05, 0) is 30.5 Å². The van der Waals surface area contributed by atoms with Crippen molar-refractivity contribution in [3.63, 3.8) is 0 Å². The Morgan fingerprint density at radius 2 is 1.48 bits per heavy atom. The van der Waals surface area contributed by atoms with Crippen LogP contribution in [0, 0.1) is 0 Å². The number of anilines is 1. The van der Waals surface area contributed by atoms with Gasteiger partial charge in [0.05, 0.1) is 13.2 Å². The second-order valence-electron chi connectivity index (χ2n) is 5.88. The van der Waals surface area contributed by atoms with E-state index in [2.05, 4.69) is 16.3 Å². The molecule has 0 atom stereocenters. The Bertz CT molecular complexity index is 680. The van der Waals surface area contributed by atoms with Crippen LogP contribution in [0.4, 0.5) is 10.5 Å². The summed E-state index contributed by atoms with van der Waals surface area (Å²) in [6, 6.07) is 18.3. The molecule has 0 aromatic heterocycles. The highest BCUT2D eigenvalue weighted by molar-refractivity contribution is 5.88. The minimum Gasteiger partial charge on any atom is -0.306 e. The zero-order valence-electron chi connectivity index (χ0n) is 15.1. The monoisotopic (exact) mass is 371 g/mol. The lowest BCUT2D eigenvalue weighted by Crippen LogP contribution is -2.29. The van der Waals surface area contributed by atoms with Crippen LogP contribution in [0.15, 0.2) is 60.7 Å². The van der Waals surface area contributed by atoms with E-state index in [4.69, 9.17) is 9.68 Å². The summed E-state index contributed by atoms with van der Waals surface area (Å²) in [4.78, 5) is 33.5. The number of carbonyl (C=O) groups excluding carboxylic acids is 2. The van der Waals surface area contributed by atoms with E-state index >= 15 is 0 Å². The highest BCUT2D eigenvalue weighted by atomic mass is 16.7. The molecule has 2 rings (SSSR count). The molecule has 2 aromatic carbocycles. The summed E-state index contributed by atoms with van der Waals surface area (Å²) in [6.45, 7) is 0.728. The summed E-state index contributed by atoms with van der Waals surface area (Å²) >= 11 is 0. The highest BCUT2D eigenvalue weighted by Gasteiger charge is 2.03. The summed E-state index contributed by atoms with van der Waals surface area (Å²) in [5.41, 5.74) is 6.45. The predicted molar refractivity (Wildman–Crippen MR) is 102 cm³/mol. The van der Waals surface area contributed by atoms with Crippen molar-refractivity contribution in [2.75, 3.05) is 11.9 Å². The Labute approximate surface area is 159 Å². The van der Waals surface area contributed by atoms with Gasteiger partial charge in [-0.15, -0.1) is 0 Å². The fraction of sp³-hybridized carbons (Fsp3) is 0.300. The lowest BCUT2D eigenvalue weighted by Gasteiger charge is -2.08. The predicted octanol–water partition coefficient (Wildman–Crippen LogP) is 3.55. The van der Waals surface area contributed by atoms with Crippen LogP contribution in [-0.2, 0) is 21.1 Å². The van der Waals surface area contributed by atoms with Crippen molar-refractivity contribution >= 4 is 17.6 Å². The number of benzene rings is 2. The van der Waals surface area contributed by atoms with Crippen molar-refractivity contribution in [3.05, 3.63) is 66.2 Å². The van der Waals surface area contributed by atoms with Crippen LogP contribution in [0.1, 0.15) is 31.2 Å². The first-order chi connectivity index (χ1) is 13.2. The van der Waals surface area contributed by atoms with Gasteiger partial charge in [0, 0.05) is 12.1 Å². The van der Waals surface area contributed by atoms with Crippen LogP contribution in [0.25, 0.3) is 0 Å².